The average molecular weight is 483 g/mol. The molecule has 0 aromatic heterocycles. The summed E-state index contributed by atoms with van der Waals surface area (Å²) in [4.78, 5) is 30.0. The molecule has 9 heteroatoms. The Bertz CT molecular complexity index is 452. The first-order chi connectivity index (χ1) is 14.5. The predicted octanol–water partition coefficient (Wildman–Crippen LogP) is 3.88. The Balaban J connectivity index is -0.000000170. The van der Waals surface area contributed by atoms with Gasteiger partial charge < -0.3 is 30.6 Å². The number of hydrogen-bond donors (Lipinski definition) is 6. The molecule has 0 spiro atoms. The monoisotopic (exact) mass is 482 g/mol. The number of rotatable bonds is 7. The van der Waals surface area contributed by atoms with Crippen molar-refractivity contribution >= 4 is 17.9 Å². The van der Waals surface area contributed by atoms with E-state index in [1.54, 1.807) is 0 Å². The number of aliphatic carboxylic acids is 3. The fourth-order valence-corrected chi connectivity index (χ4v) is 1.85. The third kappa shape index (κ3) is 37.9. The normalized spacial score (nSPS) is 11.5. The van der Waals surface area contributed by atoms with Crippen molar-refractivity contribution < 1.29 is 45.0 Å². The molecule has 6 N–H and O–H groups in total. The van der Waals surface area contributed by atoms with E-state index in [1.165, 1.54) is 0 Å². The van der Waals surface area contributed by atoms with Crippen molar-refractivity contribution in [3.63, 3.8) is 0 Å². The average Bonchev–Trinajstić information content (AvgIpc) is 2.52. The van der Waals surface area contributed by atoms with Gasteiger partial charge in [-0.05, 0) is 22.7 Å². The Morgan fingerprint density at radius 1 is 0.515 bits per heavy atom. The van der Waals surface area contributed by atoms with Crippen LogP contribution in [0.1, 0.15) is 94.9 Å². The van der Waals surface area contributed by atoms with Crippen molar-refractivity contribution in [2.45, 2.75) is 94.9 Å². The molecule has 0 radical (unpaired) electrons. The summed E-state index contributed by atoms with van der Waals surface area (Å²) in [6, 6.07) is 0. The molecule has 9 nitrogen and oxygen atoms in total. The van der Waals surface area contributed by atoms with Gasteiger partial charge in [-0.15, -0.1) is 0 Å². The van der Waals surface area contributed by atoms with E-state index in [1.807, 2.05) is 69.2 Å². The van der Waals surface area contributed by atoms with Crippen LogP contribution in [0, 0.1) is 21.7 Å². The zero-order chi connectivity index (χ0) is 27.7. The molecule has 0 heterocycles. The highest BCUT2D eigenvalue weighted by atomic mass is 16.4. The van der Waals surface area contributed by atoms with Crippen molar-refractivity contribution in [2.75, 3.05) is 19.8 Å². The van der Waals surface area contributed by atoms with Crippen LogP contribution >= 0.6 is 0 Å². The number of carbonyl (C=O) groups is 3. The van der Waals surface area contributed by atoms with Crippen molar-refractivity contribution in [3.8, 4) is 0 Å². The first kappa shape index (κ1) is 38.5. The first-order valence-corrected chi connectivity index (χ1v) is 11.0. The lowest BCUT2D eigenvalue weighted by molar-refractivity contribution is -0.140. The highest BCUT2D eigenvalue weighted by Crippen LogP contribution is 2.19. The summed E-state index contributed by atoms with van der Waals surface area (Å²) >= 11 is 0. The smallest absolute Gasteiger partial charge is 0.303 e. The Hall–Kier alpha value is -1.71. The maximum Gasteiger partial charge on any atom is 0.303 e. The summed E-state index contributed by atoms with van der Waals surface area (Å²) in [5, 5.41) is 50.7. The van der Waals surface area contributed by atoms with Gasteiger partial charge in [-0.25, -0.2) is 0 Å². The zero-order valence-electron chi connectivity index (χ0n) is 22.4. The van der Waals surface area contributed by atoms with Crippen LogP contribution in [-0.4, -0.2) is 68.4 Å². The SMILES string of the molecule is CC(C)(C)CC(=O)O.CC(C)(C)CC(=O)O.CC(C)(C)CC(=O)O.CCC(CO)(CO)CO. The van der Waals surface area contributed by atoms with Gasteiger partial charge in [0.05, 0.1) is 39.1 Å². The number of carboxylic acids is 3. The minimum Gasteiger partial charge on any atom is -0.481 e. The second kappa shape index (κ2) is 17.7. The molecule has 0 aliphatic carbocycles. The highest BCUT2D eigenvalue weighted by molar-refractivity contribution is 5.68. The molecule has 0 saturated heterocycles. The minimum absolute atomic E-state index is 0.0775. The predicted molar refractivity (Wildman–Crippen MR) is 129 cm³/mol. The van der Waals surface area contributed by atoms with Crippen molar-refractivity contribution in [1.29, 1.82) is 0 Å². The molecule has 0 amide bonds. The van der Waals surface area contributed by atoms with Gasteiger partial charge in [0.1, 0.15) is 0 Å². The molecule has 0 aromatic rings. The van der Waals surface area contributed by atoms with Crippen LogP contribution in [0.4, 0.5) is 0 Å². The van der Waals surface area contributed by atoms with Crippen LogP contribution in [-0.2, 0) is 14.4 Å². The number of aliphatic hydroxyl groups is 3. The summed E-state index contributed by atoms with van der Waals surface area (Å²) in [5.41, 5.74) is -0.899. The molecule has 0 bridgehead atoms. The summed E-state index contributed by atoms with van der Waals surface area (Å²) < 4.78 is 0. The Morgan fingerprint density at radius 3 is 0.697 bits per heavy atom. The van der Waals surface area contributed by atoms with Crippen LogP contribution in [0.3, 0.4) is 0 Å². The van der Waals surface area contributed by atoms with E-state index in [9.17, 15) is 14.4 Å². The zero-order valence-corrected chi connectivity index (χ0v) is 22.4. The molecule has 0 fully saturated rings. The molecule has 0 aliphatic rings. The molecule has 0 aliphatic heterocycles. The van der Waals surface area contributed by atoms with Gasteiger partial charge in [0.15, 0.2) is 0 Å². The van der Waals surface area contributed by atoms with Gasteiger partial charge in [-0.3, -0.25) is 14.4 Å². The van der Waals surface area contributed by atoms with Crippen molar-refractivity contribution in [3.05, 3.63) is 0 Å². The topological polar surface area (TPSA) is 173 Å². The van der Waals surface area contributed by atoms with E-state index in [-0.39, 0.29) is 55.3 Å². The number of hydrogen-bond acceptors (Lipinski definition) is 6. The third-order valence-electron chi connectivity index (χ3n) is 3.80. The standard InChI is InChI=1S/C6H14O3.3C6H12O2/c1-2-6(3-7,4-8)5-9;3*1-6(2,3)4-5(7)8/h7-9H,2-5H2,1H3;3*4H2,1-3H3,(H,7,8). The van der Waals surface area contributed by atoms with Crippen LogP contribution in [0.15, 0.2) is 0 Å². The maximum atomic E-state index is 10.0. The second-order valence-electron chi connectivity index (χ2n) is 11.7. The van der Waals surface area contributed by atoms with Crippen LogP contribution < -0.4 is 0 Å². The van der Waals surface area contributed by atoms with Crippen LogP contribution in [0.2, 0.25) is 0 Å². The Morgan fingerprint density at radius 2 is 0.697 bits per heavy atom. The van der Waals surface area contributed by atoms with E-state index in [0.717, 1.165) is 0 Å². The van der Waals surface area contributed by atoms with Gasteiger partial charge in [-0.2, -0.15) is 0 Å². The molecule has 0 aromatic carbocycles. The summed E-state index contributed by atoms with van der Waals surface area (Å²) in [5.74, 6) is -2.17. The first-order valence-electron chi connectivity index (χ1n) is 11.0. The maximum absolute atomic E-state index is 10.0. The molecule has 0 saturated carbocycles. The Labute approximate surface area is 199 Å². The van der Waals surface area contributed by atoms with Gasteiger partial charge >= 0.3 is 17.9 Å². The van der Waals surface area contributed by atoms with E-state index < -0.39 is 23.3 Å². The van der Waals surface area contributed by atoms with E-state index >= 15 is 0 Å². The lowest BCUT2D eigenvalue weighted by Crippen LogP contribution is -2.32. The minimum atomic E-state index is -0.725. The van der Waals surface area contributed by atoms with Gasteiger partial charge in [-0.1, -0.05) is 69.2 Å². The van der Waals surface area contributed by atoms with Gasteiger partial charge in [0.25, 0.3) is 0 Å². The molecule has 200 valence electrons. The lowest BCUT2D eigenvalue weighted by atomic mass is 9.88. The van der Waals surface area contributed by atoms with E-state index in [4.69, 9.17) is 30.6 Å². The van der Waals surface area contributed by atoms with E-state index in [2.05, 4.69) is 0 Å². The summed E-state index contributed by atoms with van der Waals surface area (Å²) in [7, 11) is 0. The van der Waals surface area contributed by atoms with Crippen molar-refractivity contribution in [1.82, 2.24) is 0 Å². The van der Waals surface area contributed by atoms with Crippen LogP contribution in [0.25, 0.3) is 0 Å². The Kier molecular flexibility index (Phi) is 20.7. The van der Waals surface area contributed by atoms with Crippen molar-refractivity contribution in [2.24, 2.45) is 21.7 Å². The van der Waals surface area contributed by atoms with Crippen LogP contribution in [0.5, 0.6) is 0 Å². The van der Waals surface area contributed by atoms with E-state index in [0.29, 0.717) is 6.42 Å². The molecule has 0 atom stereocenters. The second-order valence-corrected chi connectivity index (χ2v) is 11.7. The molecule has 0 rings (SSSR count). The molecule has 33 heavy (non-hydrogen) atoms. The van der Waals surface area contributed by atoms with Gasteiger partial charge in [0, 0.05) is 5.41 Å². The largest absolute Gasteiger partial charge is 0.481 e. The highest BCUT2D eigenvalue weighted by Gasteiger charge is 2.24. The third-order valence-corrected chi connectivity index (χ3v) is 3.80. The quantitative estimate of drug-likeness (QED) is 0.315. The molecular weight excluding hydrogens is 432 g/mol. The molecular formula is C24H50O9. The fourth-order valence-electron chi connectivity index (χ4n) is 1.85. The number of carboxylic acid groups (broad SMARTS) is 3. The fraction of sp³-hybridized carbons (Fsp3) is 0.875. The molecule has 0 unspecified atom stereocenters. The van der Waals surface area contributed by atoms with Gasteiger partial charge in [0.2, 0.25) is 0 Å². The summed E-state index contributed by atoms with van der Waals surface area (Å²) in [6.07, 6.45) is 1.32. The summed E-state index contributed by atoms with van der Waals surface area (Å²) in [6.45, 7) is 18.5. The number of aliphatic hydroxyl groups excluding tert-OH is 3. The lowest BCUT2D eigenvalue weighted by Gasteiger charge is -2.24.